The van der Waals surface area contributed by atoms with Gasteiger partial charge in [0, 0.05) is 29.1 Å². The molecule has 0 aliphatic carbocycles. The zero-order valence-electron chi connectivity index (χ0n) is 17.7. The van der Waals surface area contributed by atoms with Crippen LogP contribution in [0.2, 0.25) is 0 Å². The summed E-state index contributed by atoms with van der Waals surface area (Å²) in [4.78, 5) is 18.1. The van der Waals surface area contributed by atoms with E-state index in [1.165, 1.54) is 0 Å². The van der Waals surface area contributed by atoms with Gasteiger partial charge in [0.1, 0.15) is 5.69 Å². The fraction of sp³-hybridized carbons (Fsp3) is 0.261. The number of H-pyrrole nitrogens is 1. The number of nitrogens with one attached hydrogen (secondary N) is 1. The molecule has 0 saturated carbocycles. The Balaban J connectivity index is 1.95. The smallest absolute Gasteiger partial charge is 0.270 e. The summed E-state index contributed by atoms with van der Waals surface area (Å²) in [5, 5.41) is 0.855. The van der Waals surface area contributed by atoms with E-state index in [0.29, 0.717) is 41.8 Å². The Morgan fingerprint density at radius 3 is 2.33 bits per heavy atom. The van der Waals surface area contributed by atoms with Crippen LogP contribution in [-0.2, 0) is 6.54 Å². The molecular formula is C23H26N2O5. The summed E-state index contributed by atoms with van der Waals surface area (Å²) in [5.74, 6) is 2.26. The van der Waals surface area contributed by atoms with E-state index in [9.17, 15) is 4.79 Å². The number of ether oxygens (including phenoxy) is 4. The van der Waals surface area contributed by atoms with Crippen LogP contribution in [0.1, 0.15) is 16.1 Å². The summed E-state index contributed by atoms with van der Waals surface area (Å²) < 4.78 is 21.6. The maximum atomic E-state index is 13.3. The molecule has 0 spiro atoms. The van der Waals surface area contributed by atoms with Crippen LogP contribution in [0.4, 0.5) is 0 Å². The SMILES string of the molecule is C=CCN(Cc1cccc(OC)c1OC)C(=O)c1cc2cc(OC)c(OC)cc2[nH]1. The molecule has 0 saturated heterocycles. The standard InChI is InChI=1S/C23H26N2O5/c1-6-10-25(14-15-8-7-9-19(27-2)22(15)30-5)23(26)18-11-16-12-20(28-3)21(29-4)13-17(16)24-18/h6-9,11-13,24H,1,10,14H2,2-5H3. The highest BCUT2D eigenvalue weighted by molar-refractivity contribution is 5.98. The molecule has 0 atom stereocenters. The molecule has 7 nitrogen and oxygen atoms in total. The number of hydrogen-bond donors (Lipinski definition) is 1. The lowest BCUT2D eigenvalue weighted by atomic mass is 10.1. The number of nitrogens with zero attached hydrogens (tertiary/aromatic N) is 1. The minimum Gasteiger partial charge on any atom is -0.493 e. The van der Waals surface area contributed by atoms with Crippen molar-refractivity contribution in [3.05, 3.63) is 60.3 Å². The topological polar surface area (TPSA) is 73.0 Å². The van der Waals surface area contributed by atoms with Crippen molar-refractivity contribution in [2.45, 2.75) is 6.54 Å². The fourth-order valence-electron chi connectivity index (χ4n) is 3.40. The fourth-order valence-corrected chi connectivity index (χ4v) is 3.40. The van der Waals surface area contributed by atoms with Crippen molar-refractivity contribution in [2.75, 3.05) is 35.0 Å². The molecule has 2 aromatic carbocycles. The van der Waals surface area contributed by atoms with Gasteiger partial charge in [0.25, 0.3) is 5.91 Å². The van der Waals surface area contributed by atoms with Crippen molar-refractivity contribution in [2.24, 2.45) is 0 Å². The average molecular weight is 410 g/mol. The molecule has 1 heterocycles. The Labute approximate surface area is 175 Å². The highest BCUT2D eigenvalue weighted by Gasteiger charge is 2.21. The number of aromatic nitrogens is 1. The van der Waals surface area contributed by atoms with E-state index in [2.05, 4.69) is 11.6 Å². The number of aromatic amines is 1. The first-order valence-corrected chi connectivity index (χ1v) is 9.41. The third-order valence-corrected chi connectivity index (χ3v) is 4.84. The molecule has 30 heavy (non-hydrogen) atoms. The van der Waals surface area contributed by atoms with Gasteiger partial charge >= 0.3 is 0 Å². The molecule has 0 fully saturated rings. The van der Waals surface area contributed by atoms with Crippen LogP contribution < -0.4 is 18.9 Å². The zero-order valence-corrected chi connectivity index (χ0v) is 17.7. The first kappa shape index (κ1) is 21.1. The van der Waals surface area contributed by atoms with Crippen molar-refractivity contribution >= 4 is 16.8 Å². The van der Waals surface area contributed by atoms with Crippen LogP contribution in [0.3, 0.4) is 0 Å². The van der Waals surface area contributed by atoms with E-state index < -0.39 is 0 Å². The predicted molar refractivity (Wildman–Crippen MR) is 116 cm³/mol. The summed E-state index contributed by atoms with van der Waals surface area (Å²) in [6.07, 6.45) is 1.69. The van der Waals surface area contributed by atoms with Crippen molar-refractivity contribution in [3.63, 3.8) is 0 Å². The molecular weight excluding hydrogens is 384 g/mol. The van der Waals surface area contributed by atoms with E-state index in [1.807, 2.05) is 30.3 Å². The van der Waals surface area contributed by atoms with E-state index in [4.69, 9.17) is 18.9 Å². The molecule has 1 aromatic heterocycles. The number of benzene rings is 2. The monoisotopic (exact) mass is 410 g/mol. The predicted octanol–water partition coefficient (Wildman–Crippen LogP) is 4.03. The van der Waals surface area contributed by atoms with Crippen molar-refractivity contribution < 1.29 is 23.7 Å². The zero-order chi connectivity index (χ0) is 21.7. The van der Waals surface area contributed by atoms with Gasteiger partial charge in [-0.15, -0.1) is 6.58 Å². The Morgan fingerprint density at radius 1 is 1.00 bits per heavy atom. The Kier molecular flexibility index (Phi) is 6.51. The summed E-state index contributed by atoms with van der Waals surface area (Å²) >= 11 is 0. The number of carbonyl (C=O) groups excluding carboxylic acids is 1. The van der Waals surface area contributed by atoms with Gasteiger partial charge in [0.05, 0.1) is 35.0 Å². The van der Waals surface area contributed by atoms with E-state index in [0.717, 1.165) is 16.5 Å². The largest absolute Gasteiger partial charge is 0.493 e. The molecule has 0 unspecified atom stereocenters. The number of fused-ring (bicyclic) bond motifs is 1. The lowest BCUT2D eigenvalue weighted by Crippen LogP contribution is -2.31. The van der Waals surface area contributed by atoms with Crippen LogP contribution in [0.5, 0.6) is 23.0 Å². The van der Waals surface area contributed by atoms with Gasteiger partial charge < -0.3 is 28.8 Å². The van der Waals surface area contributed by atoms with E-state index in [-0.39, 0.29) is 5.91 Å². The third-order valence-electron chi connectivity index (χ3n) is 4.84. The number of methoxy groups -OCH3 is 4. The van der Waals surface area contributed by atoms with Crippen LogP contribution in [0.15, 0.2) is 49.1 Å². The van der Waals surface area contributed by atoms with Crippen LogP contribution in [-0.4, -0.2) is 50.8 Å². The molecule has 158 valence electrons. The van der Waals surface area contributed by atoms with Gasteiger partial charge in [-0.1, -0.05) is 18.2 Å². The molecule has 7 heteroatoms. The summed E-state index contributed by atoms with van der Waals surface area (Å²) in [6.45, 7) is 4.51. The average Bonchev–Trinajstić information content (AvgIpc) is 3.19. The van der Waals surface area contributed by atoms with E-state index in [1.54, 1.807) is 45.5 Å². The highest BCUT2D eigenvalue weighted by atomic mass is 16.5. The molecule has 3 aromatic rings. The summed E-state index contributed by atoms with van der Waals surface area (Å²) in [7, 11) is 6.32. The maximum Gasteiger partial charge on any atom is 0.270 e. The van der Waals surface area contributed by atoms with E-state index >= 15 is 0 Å². The Morgan fingerprint density at radius 2 is 1.70 bits per heavy atom. The summed E-state index contributed by atoms with van der Waals surface area (Å²) in [6, 6.07) is 11.1. The molecule has 0 radical (unpaired) electrons. The molecule has 0 aliphatic heterocycles. The lowest BCUT2D eigenvalue weighted by molar-refractivity contribution is 0.0756. The number of hydrogen-bond acceptors (Lipinski definition) is 5. The quantitative estimate of drug-likeness (QED) is 0.539. The van der Waals surface area contributed by atoms with Crippen LogP contribution >= 0.6 is 0 Å². The normalized spacial score (nSPS) is 10.5. The second-order valence-corrected chi connectivity index (χ2v) is 6.60. The van der Waals surface area contributed by atoms with Crippen molar-refractivity contribution in [3.8, 4) is 23.0 Å². The van der Waals surface area contributed by atoms with Gasteiger partial charge in [-0.05, 0) is 18.2 Å². The second kappa shape index (κ2) is 9.26. The highest BCUT2D eigenvalue weighted by Crippen LogP contribution is 2.34. The molecule has 0 bridgehead atoms. The van der Waals surface area contributed by atoms with Gasteiger partial charge in [-0.2, -0.15) is 0 Å². The van der Waals surface area contributed by atoms with Crippen molar-refractivity contribution in [1.82, 2.24) is 9.88 Å². The second-order valence-electron chi connectivity index (χ2n) is 6.60. The van der Waals surface area contributed by atoms with Crippen LogP contribution in [0.25, 0.3) is 10.9 Å². The number of carbonyl (C=O) groups is 1. The van der Waals surface area contributed by atoms with Gasteiger partial charge in [-0.25, -0.2) is 0 Å². The van der Waals surface area contributed by atoms with Gasteiger partial charge in [0.2, 0.25) is 0 Å². The third kappa shape index (κ3) is 4.05. The number of amides is 1. The minimum atomic E-state index is -0.158. The molecule has 1 N–H and O–H groups in total. The van der Waals surface area contributed by atoms with Crippen molar-refractivity contribution in [1.29, 1.82) is 0 Å². The van der Waals surface area contributed by atoms with Gasteiger partial charge in [0.15, 0.2) is 23.0 Å². The molecule has 0 aliphatic rings. The van der Waals surface area contributed by atoms with Crippen LogP contribution in [0, 0.1) is 0 Å². The maximum absolute atomic E-state index is 13.3. The lowest BCUT2D eigenvalue weighted by Gasteiger charge is -2.22. The first-order chi connectivity index (χ1) is 14.6. The molecule has 1 amide bonds. The van der Waals surface area contributed by atoms with Gasteiger partial charge in [-0.3, -0.25) is 4.79 Å². The first-order valence-electron chi connectivity index (χ1n) is 9.41. The number of rotatable bonds is 9. The minimum absolute atomic E-state index is 0.158. The summed E-state index contributed by atoms with van der Waals surface area (Å²) in [5.41, 5.74) is 2.09. The molecule has 3 rings (SSSR count). The number of para-hydroxylation sites is 1. The Bertz CT molecular complexity index is 1020. The Hall–Kier alpha value is -3.61.